The number of benzene rings is 1. The van der Waals surface area contributed by atoms with Gasteiger partial charge in [0.05, 0.1) is 19.8 Å². The van der Waals surface area contributed by atoms with Crippen molar-refractivity contribution in [3.8, 4) is 0 Å². The number of nitrogens with zero attached hydrogens (tertiary/aromatic N) is 1. The van der Waals surface area contributed by atoms with E-state index in [4.69, 9.17) is 9.47 Å². The summed E-state index contributed by atoms with van der Waals surface area (Å²) in [7, 11) is 1.67. The molecule has 5 nitrogen and oxygen atoms in total. The Morgan fingerprint density at radius 3 is 2.73 bits per heavy atom. The lowest BCUT2D eigenvalue weighted by Gasteiger charge is -2.27. The summed E-state index contributed by atoms with van der Waals surface area (Å²) in [5.74, 6) is 0. The Balaban J connectivity index is 2.13. The minimum absolute atomic E-state index is 0.311. The molecule has 0 radical (unpaired) electrons. The Morgan fingerprint density at radius 1 is 1.36 bits per heavy atom. The third kappa shape index (κ3) is 4.88. The number of carbonyl (C=O) groups is 1. The fourth-order valence-electron chi connectivity index (χ4n) is 2.69. The van der Waals surface area contributed by atoms with Crippen LogP contribution in [0.25, 0.3) is 0 Å². The van der Waals surface area contributed by atoms with Crippen molar-refractivity contribution in [3.63, 3.8) is 0 Å². The number of hydrogen-bond acceptors (Lipinski definition) is 5. The molecule has 0 saturated carbocycles. The van der Waals surface area contributed by atoms with E-state index in [1.165, 1.54) is 12.5 Å². The van der Waals surface area contributed by atoms with Gasteiger partial charge >= 0.3 is 0 Å². The zero-order valence-corrected chi connectivity index (χ0v) is 13.4. The second kappa shape index (κ2) is 7.83. The van der Waals surface area contributed by atoms with Gasteiger partial charge in [-0.15, -0.1) is 0 Å². The van der Waals surface area contributed by atoms with Crippen LogP contribution in [0.1, 0.15) is 23.6 Å². The van der Waals surface area contributed by atoms with Gasteiger partial charge in [0.15, 0.2) is 6.29 Å². The molecule has 1 heterocycles. The predicted molar refractivity (Wildman–Crippen MR) is 83.6 cm³/mol. The first kappa shape index (κ1) is 17.1. The van der Waals surface area contributed by atoms with Crippen molar-refractivity contribution >= 4 is 6.29 Å². The van der Waals surface area contributed by atoms with E-state index in [0.29, 0.717) is 19.3 Å². The van der Waals surface area contributed by atoms with Crippen LogP contribution in [0, 0.1) is 0 Å². The molecule has 1 saturated heterocycles. The molecule has 0 spiro atoms. The molecule has 0 aromatic heterocycles. The van der Waals surface area contributed by atoms with Crippen LogP contribution >= 0.6 is 0 Å². The summed E-state index contributed by atoms with van der Waals surface area (Å²) in [5.41, 5.74) is 1.94. The molecule has 1 aliphatic rings. The van der Waals surface area contributed by atoms with Gasteiger partial charge in [0.25, 0.3) is 0 Å². The maximum Gasteiger partial charge on any atom is 0.151 e. The molecule has 1 aromatic carbocycles. The summed E-state index contributed by atoms with van der Waals surface area (Å²) in [6.45, 7) is 6.35. The summed E-state index contributed by atoms with van der Waals surface area (Å²) >= 11 is 0. The zero-order valence-electron chi connectivity index (χ0n) is 13.4. The Morgan fingerprint density at radius 2 is 2.09 bits per heavy atom. The fourth-order valence-corrected chi connectivity index (χ4v) is 2.69. The first-order valence-electron chi connectivity index (χ1n) is 7.62. The molecule has 1 aliphatic heterocycles. The number of aliphatic hydroxyl groups is 1. The molecule has 1 unspecified atom stereocenters. The van der Waals surface area contributed by atoms with E-state index in [1.54, 1.807) is 7.11 Å². The van der Waals surface area contributed by atoms with Crippen molar-refractivity contribution < 1.29 is 19.4 Å². The van der Waals surface area contributed by atoms with E-state index in [9.17, 15) is 9.90 Å². The third-order valence-electron chi connectivity index (χ3n) is 3.88. The molecular formula is C17H25NO4. The van der Waals surface area contributed by atoms with E-state index >= 15 is 0 Å². The van der Waals surface area contributed by atoms with E-state index in [0.717, 1.165) is 44.0 Å². The zero-order chi connectivity index (χ0) is 16.0. The summed E-state index contributed by atoms with van der Waals surface area (Å²) in [4.78, 5) is 13.2. The van der Waals surface area contributed by atoms with Crippen LogP contribution < -0.4 is 0 Å². The van der Waals surface area contributed by atoms with Crippen molar-refractivity contribution in [1.29, 1.82) is 0 Å². The fraction of sp³-hybridized carbons (Fsp3) is 0.588. The van der Waals surface area contributed by atoms with Gasteiger partial charge in [0, 0.05) is 33.2 Å². The number of hydrogen-bond donors (Lipinski definition) is 1. The van der Waals surface area contributed by atoms with E-state index in [2.05, 4.69) is 11.0 Å². The molecule has 1 fully saturated rings. The Bertz CT molecular complexity index is 495. The van der Waals surface area contributed by atoms with Crippen LogP contribution in [0.2, 0.25) is 0 Å². The number of morpholine rings is 1. The molecule has 2 rings (SSSR count). The maximum atomic E-state index is 10.9. The molecule has 1 atom stereocenters. The number of carbonyl (C=O) groups excluding carboxylic acids is 1. The predicted octanol–water partition coefficient (Wildman–Crippen LogP) is 1.16. The molecule has 0 aliphatic carbocycles. The van der Waals surface area contributed by atoms with Crippen molar-refractivity contribution in [2.45, 2.75) is 32.1 Å². The van der Waals surface area contributed by atoms with E-state index in [-0.39, 0.29) is 0 Å². The molecule has 5 heteroatoms. The number of ether oxygens (including phenoxy) is 2. The highest BCUT2D eigenvalue weighted by molar-refractivity contribution is 5.62. The second-order valence-corrected chi connectivity index (χ2v) is 6.08. The lowest BCUT2D eigenvalue weighted by molar-refractivity contribution is -0.122. The first-order valence-corrected chi connectivity index (χ1v) is 7.62. The van der Waals surface area contributed by atoms with Gasteiger partial charge in [-0.25, -0.2) is 0 Å². The van der Waals surface area contributed by atoms with Crippen LogP contribution in [0.4, 0.5) is 0 Å². The van der Waals surface area contributed by atoms with Gasteiger partial charge < -0.3 is 19.4 Å². The summed E-state index contributed by atoms with van der Waals surface area (Å²) in [6.07, 6.45) is 0.898. The van der Waals surface area contributed by atoms with Gasteiger partial charge in [0.2, 0.25) is 0 Å². The highest BCUT2D eigenvalue weighted by Gasteiger charge is 2.20. The Labute approximate surface area is 131 Å². The quantitative estimate of drug-likeness (QED) is 0.766. The first-order chi connectivity index (χ1) is 10.5. The van der Waals surface area contributed by atoms with Gasteiger partial charge in [-0.05, 0) is 23.6 Å². The van der Waals surface area contributed by atoms with Gasteiger partial charge in [-0.2, -0.15) is 0 Å². The summed E-state index contributed by atoms with van der Waals surface area (Å²) < 4.78 is 10.7. The number of aldehydes is 1. The minimum Gasteiger partial charge on any atom is -0.382 e. The van der Waals surface area contributed by atoms with E-state index in [1.807, 2.05) is 12.1 Å². The van der Waals surface area contributed by atoms with Crippen LogP contribution in [-0.4, -0.2) is 55.3 Å². The summed E-state index contributed by atoms with van der Waals surface area (Å²) in [5, 5.41) is 9.91. The second-order valence-electron chi connectivity index (χ2n) is 6.08. The lowest BCUT2D eigenvalue weighted by Crippen LogP contribution is -2.36. The normalized spacial score (nSPS) is 18.9. The molecule has 0 amide bonds. The smallest absolute Gasteiger partial charge is 0.151 e. The molecule has 122 valence electrons. The average molecular weight is 307 g/mol. The van der Waals surface area contributed by atoms with Crippen molar-refractivity contribution in [2.75, 3.05) is 33.4 Å². The monoisotopic (exact) mass is 307 g/mol. The Hall–Kier alpha value is -1.27. The molecule has 1 N–H and O–H groups in total. The van der Waals surface area contributed by atoms with Gasteiger partial charge in [-0.3, -0.25) is 4.90 Å². The number of methoxy groups -OCH3 is 1. The molecule has 1 aromatic rings. The summed E-state index contributed by atoms with van der Waals surface area (Å²) in [6, 6.07) is 6.07. The SMILES string of the molecule is COCc1cc(CC(C)(O)C=O)ccc1CN1CCOCC1. The van der Waals surface area contributed by atoms with Crippen LogP contribution in [-0.2, 0) is 33.8 Å². The van der Waals surface area contributed by atoms with Gasteiger partial charge in [0.1, 0.15) is 5.60 Å². The van der Waals surface area contributed by atoms with Crippen LogP contribution in [0.5, 0.6) is 0 Å². The largest absolute Gasteiger partial charge is 0.382 e. The van der Waals surface area contributed by atoms with Crippen LogP contribution in [0.15, 0.2) is 18.2 Å². The van der Waals surface area contributed by atoms with Gasteiger partial charge in [-0.1, -0.05) is 18.2 Å². The number of rotatable bonds is 7. The molecule has 22 heavy (non-hydrogen) atoms. The maximum absolute atomic E-state index is 10.9. The lowest BCUT2D eigenvalue weighted by atomic mass is 9.95. The molecule has 0 bridgehead atoms. The van der Waals surface area contributed by atoms with E-state index < -0.39 is 5.60 Å². The topological polar surface area (TPSA) is 59.0 Å². The minimum atomic E-state index is -1.32. The van der Waals surface area contributed by atoms with Crippen molar-refractivity contribution in [3.05, 3.63) is 34.9 Å². The highest BCUT2D eigenvalue weighted by Crippen LogP contribution is 2.19. The highest BCUT2D eigenvalue weighted by atomic mass is 16.5. The van der Waals surface area contributed by atoms with Crippen LogP contribution in [0.3, 0.4) is 0 Å². The Kier molecular flexibility index (Phi) is 6.08. The van der Waals surface area contributed by atoms with Crippen molar-refractivity contribution in [2.24, 2.45) is 0 Å². The third-order valence-corrected chi connectivity index (χ3v) is 3.88. The molecular weight excluding hydrogens is 282 g/mol. The van der Waals surface area contributed by atoms with Crippen molar-refractivity contribution in [1.82, 2.24) is 4.90 Å². The average Bonchev–Trinajstić information content (AvgIpc) is 2.51. The standard InChI is InChI=1S/C17H25NO4/c1-17(20,13-19)10-14-3-4-15(16(9-14)12-21-2)11-18-5-7-22-8-6-18/h3-4,9,13,20H,5-8,10-12H2,1-2H3.